The van der Waals surface area contributed by atoms with Gasteiger partial charge in [0.1, 0.15) is 11.6 Å². The van der Waals surface area contributed by atoms with Crippen molar-refractivity contribution >= 4 is 35.8 Å². The number of hydrogen-bond acceptors (Lipinski definition) is 3. The van der Waals surface area contributed by atoms with Crippen LogP contribution in [0.15, 0.2) is 23.2 Å². The van der Waals surface area contributed by atoms with E-state index < -0.39 is 17.7 Å². The number of aliphatic imine (C=N–C) groups is 1. The molecule has 0 radical (unpaired) electrons. The molecule has 1 aromatic rings. The summed E-state index contributed by atoms with van der Waals surface area (Å²) >= 11 is 0. The van der Waals surface area contributed by atoms with Crippen molar-refractivity contribution in [1.82, 2.24) is 20.9 Å². The van der Waals surface area contributed by atoms with Gasteiger partial charge in [0.15, 0.2) is 5.96 Å². The van der Waals surface area contributed by atoms with Gasteiger partial charge in [0.2, 0.25) is 5.91 Å². The quantitative estimate of drug-likeness (QED) is 0.276. The number of halogens is 3. The largest absolute Gasteiger partial charge is 0.354 e. The minimum Gasteiger partial charge on any atom is -0.354 e. The molecular formula is C22H36F2IN5O. The molecule has 3 N–H and O–H groups in total. The van der Waals surface area contributed by atoms with Gasteiger partial charge in [-0.05, 0) is 59.3 Å². The standard InChI is InChI=1S/C22H35F2N5O.HI/c1-14(2)27-21(30)15-8-6-9-16(12-15)28-22(25-3)26-13-19(29(4)5)20-17(23)10-7-11-18(20)24;/h7,10-11,14-16,19H,6,8-9,12-13H2,1-5H3,(H,27,30)(H2,25,26,28);1H. The van der Waals surface area contributed by atoms with Crippen molar-refractivity contribution in [2.24, 2.45) is 10.9 Å². The van der Waals surface area contributed by atoms with E-state index in [0.717, 1.165) is 25.7 Å². The van der Waals surface area contributed by atoms with Crippen LogP contribution >= 0.6 is 24.0 Å². The Labute approximate surface area is 201 Å². The summed E-state index contributed by atoms with van der Waals surface area (Å²) in [4.78, 5) is 18.4. The normalized spacial score (nSPS) is 20.2. The Hall–Kier alpha value is -1.49. The second-order valence-electron chi connectivity index (χ2n) is 8.44. The van der Waals surface area contributed by atoms with Crippen LogP contribution in [0.25, 0.3) is 0 Å². The summed E-state index contributed by atoms with van der Waals surface area (Å²) < 4.78 is 28.5. The van der Waals surface area contributed by atoms with Crippen LogP contribution in [0.4, 0.5) is 8.78 Å². The summed E-state index contributed by atoms with van der Waals surface area (Å²) in [6.07, 6.45) is 3.53. The maximum Gasteiger partial charge on any atom is 0.223 e. The van der Waals surface area contributed by atoms with Gasteiger partial charge in [-0.25, -0.2) is 8.78 Å². The summed E-state index contributed by atoms with van der Waals surface area (Å²) in [5.41, 5.74) is 0.0357. The zero-order valence-electron chi connectivity index (χ0n) is 19.0. The third-order valence-corrected chi connectivity index (χ3v) is 5.46. The van der Waals surface area contributed by atoms with Crippen molar-refractivity contribution in [3.63, 3.8) is 0 Å². The predicted octanol–water partition coefficient (Wildman–Crippen LogP) is 3.43. The molecule has 31 heavy (non-hydrogen) atoms. The fourth-order valence-corrected chi connectivity index (χ4v) is 3.91. The Kier molecular flexibility index (Phi) is 11.7. The van der Waals surface area contributed by atoms with Gasteiger partial charge < -0.3 is 20.9 Å². The van der Waals surface area contributed by atoms with E-state index in [9.17, 15) is 13.6 Å². The molecule has 1 aliphatic rings. The first-order chi connectivity index (χ1) is 14.2. The van der Waals surface area contributed by atoms with Crippen LogP contribution in [-0.4, -0.2) is 56.5 Å². The van der Waals surface area contributed by atoms with Crippen molar-refractivity contribution in [3.05, 3.63) is 35.4 Å². The first kappa shape index (κ1) is 27.5. The lowest BCUT2D eigenvalue weighted by Gasteiger charge is -2.31. The average Bonchev–Trinajstić information content (AvgIpc) is 2.68. The first-order valence-electron chi connectivity index (χ1n) is 10.6. The maximum atomic E-state index is 14.3. The minimum absolute atomic E-state index is 0. The van der Waals surface area contributed by atoms with Gasteiger partial charge in [0.05, 0.1) is 6.04 Å². The van der Waals surface area contributed by atoms with Crippen LogP contribution in [-0.2, 0) is 4.79 Å². The summed E-state index contributed by atoms with van der Waals surface area (Å²) in [5.74, 6) is -0.482. The number of benzene rings is 1. The van der Waals surface area contributed by atoms with Gasteiger partial charge in [-0.3, -0.25) is 9.79 Å². The SMILES string of the molecule is CN=C(NCC(c1c(F)cccc1F)N(C)C)NC1CCCC(C(=O)NC(C)C)C1.I. The molecule has 1 saturated carbocycles. The number of nitrogens with zero attached hydrogens (tertiary/aromatic N) is 2. The van der Waals surface area contributed by atoms with Gasteiger partial charge in [-0.15, -0.1) is 24.0 Å². The minimum atomic E-state index is -0.565. The number of carbonyl (C=O) groups is 1. The third kappa shape index (κ3) is 8.17. The van der Waals surface area contributed by atoms with E-state index in [1.807, 2.05) is 13.8 Å². The fraction of sp³-hybridized carbons (Fsp3) is 0.636. The van der Waals surface area contributed by atoms with Crippen LogP contribution in [0.2, 0.25) is 0 Å². The summed E-state index contributed by atoms with van der Waals surface area (Å²) in [7, 11) is 5.23. The molecule has 0 spiro atoms. The number of guanidine groups is 1. The Balaban J connectivity index is 0.00000480. The topological polar surface area (TPSA) is 68.8 Å². The van der Waals surface area contributed by atoms with E-state index in [0.29, 0.717) is 5.96 Å². The van der Waals surface area contributed by atoms with Crippen molar-refractivity contribution in [2.75, 3.05) is 27.7 Å². The number of carbonyl (C=O) groups excluding carboxylic acids is 1. The smallest absolute Gasteiger partial charge is 0.223 e. The zero-order valence-corrected chi connectivity index (χ0v) is 21.4. The molecule has 2 rings (SSSR count). The van der Waals surface area contributed by atoms with Crippen molar-refractivity contribution < 1.29 is 13.6 Å². The number of likely N-dealkylation sites (N-methyl/N-ethyl adjacent to an activating group) is 1. The van der Waals surface area contributed by atoms with Gasteiger partial charge >= 0.3 is 0 Å². The predicted molar refractivity (Wildman–Crippen MR) is 132 cm³/mol. The van der Waals surface area contributed by atoms with E-state index in [4.69, 9.17) is 0 Å². The maximum absolute atomic E-state index is 14.3. The summed E-state index contributed by atoms with van der Waals surface area (Å²) in [5, 5.41) is 9.55. The van der Waals surface area contributed by atoms with E-state index in [-0.39, 0.29) is 60.0 Å². The van der Waals surface area contributed by atoms with E-state index in [1.165, 1.54) is 18.2 Å². The molecule has 0 heterocycles. The highest BCUT2D eigenvalue weighted by Crippen LogP contribution is 2.25. The highest BCUT2D eigenvalue weighted by molar-refractivity contribution is 14.0. The van der Waals surface area contributed by atoms with Gasteiger partial charge in [-0.1, -0.05) is 12.5 Å². The molecule has 0 aliphatic heterocycles. The van der Waals surface area contributed by atoms with Crippen LogP contribution in [0.1, 0.15) is 51.1 Å². The second-order valence-corrected chi connectivity index (χ2v) is 8.44. The average molecular weight is 551 g/mol. The molecule has 9 heteroatoms. The van der Waals surface area contributed by atoms with E-state index >= 15 is 0 Å². The summed E-state index contributed by atoms with van der Waals surface area (Å²) in [6, 6.07) is 3.65. The monoisotopic (exact) mass is 551 g/mol. The second kappa shape index (κ2) is 13.1. The molecule has 1 fully saturated rings. The van der Waals surface area contributed by atoms with E-state index in [1.54, 1.807) is 26.0 Å². The Morgan fingerprint density at radius 2 is 1.87 bits per heavy atom. The first-order valence-corrected chi connectivity index (χ1v) is 10.6. The van der Waals surface area contributed by atoms with E-state index in [2.05, 4.69) is 20.9 Å². The molecule has 1 amide bonds. The lowest BCUT2D eigenvalue weighted by atomic mass is 9.85. The number of amides is 1. The molecule has 1 aliphatic carbocycles. The molecule has 176 valence electrons. The van der Waals surface area contributed by atoms with Gasteiger partial charge in [-0.2, -0.15) is 0 Å². The Morgan fingerprint density at radius 3 is 2.42 bits per heavy atom. The molecule has 0 bridgehead atoms. The molecule has 6 nitrogen and oxygen atoms in total. The number of hydrogen-bond donors (Lipinski definition) is 3. The molecule has 0 aromatic heterocycles. The summed E-state index contributed by atoms with van der Waals surface area (Å²) in [6.45, 7) is 4.21. The Morgan fingerprint density at radius 1 is 1.23 bits per heavy atom. The van der Waals surface area contributed by atoms with Gasteiger partial charge in [0.25, 0.3) is 0 Å². The molecular weight excluding hydrogens is 515 g/mol. The lowest BCUT2D eigenvalue weighted by molar-refractivity contribution is -0.126. The highest BCUT2D eigenvalue weighted by atomic mass is 127. The lowest BCUT2D eigenvalue weighted by Crippen LogP contribution is -2.49. The fourth-order valence-electron chi connectivity index (χ4n) is 3.91. The van der Waals surface area contributed by atoms with Crippen LogP contribution in [0, 0.1) is 17.6 Å². The molecule has 0 saturated heterocycles. The van der Waals surface area contributed by atoms with Crippen molar-refractivity contribution in [2.45, 2.75) is 57.7 Å². The van der Waals surface area contributed by atoms with Crippen LogP contribution in [0.3, 0.4) is 0 Å². The van der Waals surface area contributed by atoms with Crippen LogP contribution in [0.5, 0.6) is 0 Å². The van der Waals surface area contributed by atoms with Gasteiger partial charge in [0, 0.05) is 37.2 Å². The third-order valence-electron chi connectivity index (χ3n) is 5.46. The Bertz CT molecular complexity index is 724. The van der Waals surface area contributed by atoms with Crippen molar-refractivity contribution in [3.8, 4) is 0 Å². The highest BCUT2D eigenvalue weighted by Gasteiger charge is 2.28. The zero-order chi connectivity index (χ0) is 22.3. The van der Waals surface area contributed by atoms with Crippen molar-refractivity contribution in [1.29, 1.82) is 0 Å². The number of nitrogens with one attached hydrogen (secondary N) is 3. The van der Waals surface area contributed by atoms with Crippen LogP contribution < -0.4 is 16.0 Å². The molecule has 1 aromatic carbocycles. The molecule has 3 unspecified atom stereocenters. The number of rotatable bonds is 7. The molecule has 3 atom stereocenters.